The molecule has 2 fully saturated rings. The Hall–Kier alpha value is -0.820. The Morgan fingerprint density at radius 3 is 2.60 bits per heavy atom. The van der Waals surface area contributed by atoms with Gasteiger partial charge in [-0.15, -0.1) is 0 Å². The van der Waals surface area contributed by atoms with Crippen molar-refractivity contribution in [1.29, 1.82) is 0 Å². The maximum Gasteiger partial charge on any atom is 0.191 e. The average Bonchev–Trinajstić information content (AvgIpc) is 3.31. The first-order chi connectivity index (χ1) is 11.9. The molecule has 1 saturated heterocycles. The highest BCUT2D eigenvalue weighted by atomic mass is 32.2. The molecule has 0 aromatic heterocycles. The van der Waals surface area contributed by atoms with Gasteiger partial charge in [0.1, 0.15) is 9.84 Å². The molecular formula is C18H36N4O2S. The standard InChI is InChI=1S/C18H36N4O2S/c1-4-16-8-6-7-12-22(16)13-11-20-17(19-5-2)21-14-18(9-10-18)15-25(3,23)24/h16H,4-15H2,1-3H3,(H2,19,20,21). The van der Waals surface area contributed by atoms with Crippen LogP contribution in [0.4, 0.5) is 0 Å². The van der Waals surface area contributed by atoms with Gasteiger partial charge in [-0.1, -0.05) is 13.3 Å². The molecule has 2 N–H and O–H groups in total. The zero-order valence-electron chi connectivity index (χ0n) is 16.2. The number of aliphatic imine (C=N–C) groups is 1. The number of likely N-dealkylation sites (tertiary alicyclic amines) is 1. The summed E-state index contributed by atoms with van der Waals surface area (Å²) in [7, 11) is -2.94. The van der Waals surface area contributed by atoms with Crippen molar-refractivity contribution in [2.75, 3.05) is 44.7 Å². The number of guanidine groups is 1. The third kappa shape index (κ3) is 7.13. The maximum atomic E-state index is 11.6. The van der Waals surface area contributed by atoms with Gasteiger partial charge >= 0.3 is 0 Å². The van der Waals surface area contributed by atoms with Gasteiger partial charge in [-0.25, -0.2) is 8.42 Å². The van der Waals surface area contributed by atoms with E-state index in [1.54, 1.807) is 0 Å². The van der Waals surface area contributed by atoms with Crippen LogP contribution in [0.1, 0.15) is 52.4 Å². The van der Waals surface area contributed by atoms with Crippen molar-refractivity contribution in [2.24, 2.45) is 10.4 Å². The number of piperidine rings is 1. The largest absolute Gasteiger partial charge is 0.357 e. The van der Waals surface area contributed by atoms with Gasteiger partial charge in [0, 0.05) is 43.9 Å². The molecular weight excluding hydrogens is 336 g/mol. The van der Waals surface area contributed by atoms with Crippen molar-refractivity contribution >= 4 is 15.8 Å². The first-order valence-electron chi connectivity index (χ1n) is 9.81. The zero-order valence-corrected chi connectivity index (χ0v) is 17.0. The van der Waals surface area contributed by atoms with E-state index in [0.717, 1.165) is 44.5 Å². The first kappa shape index (κ1) is 20.5. The number of sulfone groups is 1. The van der Waals surface area contributed by atoms with E-state index in [1.807, 2.05) is 0 Å². The molecule has 1 heterocycles. The van der Waals surface area contributed by atoms with Crippen LogP contribution in [0.2, 0.25) is 0 Å². The highest BCUT2D eigenvalue weighted by Crippen LogP contribution is 2.46. The molecule has 0 aromatic rings. The van der Waals surface area contributed by atoms with Crippen LogP contribution in [0.5, 0.6) is 0 Å². The maximum absolute atomic E-state index is 11.6. The van der Waals surface area contributed by atoms with Crippen LogP contribution in [0.25, 0.3) is 0 Å². The minimum Gasteiger partial charge on any atom is -0.357 e. The summed E-state index contributed by atoms with van der Waals surface area (Å²) in [5, 5.41) is 6.70. The molecule has 25 heavy (non-hydrogen) atoms. The lowest BCUT2D eigenvalue weighted by molar-refractivity contribution is 0.147. The number of nitrogens with zero attached hydrogens (tertiary/aromatic N) is 2. The van der Waals surface area contributed by atoms with E-state index in [2.05, 4.69) is 34.4 Å². The van der Waals surface area contributed by atoms with Gasteiger partial charge < -0.3 is 10.6 Å². The van der Waals surface area contributed by atoms with Crippen molar-refractivity contribution in [3.8, 4) is 0 Å². The third-order valence-corrected chi connectivity index (χ3v) is 6.49. The van der Waals surface area contributed by atoms with Gasteiger partial charge in [0.25, 0.3) is 0 Å². The predicted octanol–water partition coefficient (Wildman–Crippen LogP) is 1.63. The number of hydrogen-bond donors (Lipinski definition) is 2. The molecule has 2 aliphatic rings. The van der Waals surface area contributed by atoms with E-state index in [9.17, 15) is 8.42 Å². The fourth-order valence-corrected chi connectivity index (χ4v) is 5.30. The van der Waals surface area contributed by atoms with Crippen LogP contribution in [0.3, 0.4) is 0 Å². The smallest absolute Gasteiger partial charge is 0.191 e. The topological polar surface area (TPSA) is 73.8 Å². The SMILES string of the molecule is CCNC(=NCC1(CS(C)(=O)=O)CC1)NCCN1CCCCC1CC. The molecule has 1 aliphatic heterocycles. The molecule has 6 nitrogen and oxygen atoms in total. The summed E-state index contributed by atoms with van der Waals surface area (Å²) >= 11 is 0. The minimum atomic E-state index is -2.94. The molecule has 7 heteroatoms. The third-order valence-electron chi connectivity index (χ3n) is 5.35. The summed E-state index contributed by atoms with van der Waals surface area (Å²) in [5.41, 5.74) is -0.115. The predicted molar refractivity (Wildman–Crippen MR) is 105 cm³/mol. The van der Waals surface area contributed by atoms with Crippen molar-refractivity contribution in [1.82, 2.24) is 15.5 Å². The quantitative estimate of drug-likeness (QED) is 0.475. The van der Waals surface area contributed by atoms with E-state index in [1.165, 1.54) is 38.5 Å². The molecule has 0 amide bonds. The monoisotopic (exact) mass is 372 g/mol. The molecule has 0 spiro atoms. The van der Waals surface area contributed by atoms with Gasteiger partial charge in [-0.2, -0.15) is 0 Å². The van der Waals surface area contributed by atoms with Crippen LogP contribution < -0.4 is 10.6 Å². The molecule has 1 aliphatic carbocycles. The average molecular weight is 373 g/mol. The van der Waals surface area contributed by atoms with Gasteiger partial charge in [-0.3, -0.25) is 9.89 Å². The molecule has 1 saturated carbocycles. The first-order valence-corrected chi connectivity index (χ1v) is 11.9. The highest BCUT2D eigenvalue weighted by Gasteiger charge is 2.45. The normalized spacial score (nSPS) is 24.1. The van der Waals surface area contributed by atoms with E-state index in [-0.39, 0.29) is 11.2 Å². The lowest BCUT2D eigenvalue weighted by Crippen LogP contribution is -2.46. The number of rotatable bonds is 9. The number of nitrogens with one attached hydrogen (secondary N) is 2. The molecule has 0 radical (unpaired) electrons. The lowest BCUT2D eigenvalue weighted by atomic mass is 10.0. The second kappa shape index (κ2) is 9.21. The van der Waals surface area contributed by atoms with Crippen molar-refractivity contribution in [2.45, 2.75) is 58.4 Å². The van der Waals surface area contributed by atoms with Crippen LogP contribution in [0, 0.1) is 5.41 Å². The molecule has 1 atom stereocenters. The Morgan fingerprint density at radius 2 is 2.00 bits per heavy atom. The molecule has 1 unspecified atom stereocenters. The van der Waals surface area contributed by atoms with Crippen molar-refractivity contribution in [3.63, 3.8) is 0 Å². The molecule has 146 valence electrons. The summed E-state index contributed by atoms with van der Waals surface area (Å²) in [6.45, 7) is 8.85. The second-order valence-electron chi connectivity index (χ2n) is 7.79. The Kier molecular flexibility index (Phi) is 7.55. The Labute approximate surface area is 153 Å². The van der Waals surface area contributed by atoms with Crippen molar-refractivity contribution in [3.05, 3.63) is 0 Å². The van der Waals surface area contributed by atoms with Crippen LogP contribution in [-0.2, 0) is 9.84 Å². The van der Waals surface area contributed by atoms with E-state index >= 15 is 0 Å². The highest BCUT2D eigenvalue weighted by molar-refractivity contribution is 7.90. The molecule has 0 bridgehead atoms. The van der Waals surface area contributed by atoms with Gasteiger partial charge in [-0.05, 0) is 45.6 Å². The van der Waals surface area contributed by atoms with Crippen LogP contribution in [0.15, 0.2) is 4.99 Å². The van der Waals surface area contributed by atoms with Gasteiger partial charge in [0.15, 0.2) is 5.96 Å². The second-order valence-corrected chi connectivity index (χ2v) is 9.93. The fourth-order valence-electron chi connectivity index (χ4n) is 3.80. The number of hydrogen-bond acceptors (Lipinski definition) is 4. The van der Waals surface area contributed by atoms with Crippen LogP contribution in [-0.4, -0.2) is 70.1 Å². The zero-order chi connectivity index (χ0) is 18.3. The molecule has 0 aromatic carbocycles. The Morgan fingerprint density at radius 1 is 1.24 bits per heavy atom. The lowest BCUT2D eigenvalue weighted by Gasteiger charge is -2.35. The van der Waals surface area contributed by atoms with Crippen molar-refractivity contribution < 1.29 is 8.42 Å². The Balaban J connectivity index is 1.81. The van der Waals surface area contributed by atoms with E-state index in [4.69, 9.17) is 0 Å². The Bertz CT molecular complexity index is 543. The summed E-state index contributed by atoms with van der Waals surface area (Å²) < 4.78 is 23.2. The minimum absolute atomic E-state index is 0.115. The summed E-state index contributed by atoms with van der Waals surface area (Å²) in [6, 6.07) is 0.722. The van der Waals surface area contributed by atoms with E-state index in [0.29, 0.717) is 6.54 Å². The molecule has 2 rings (SSSR count). The summed E-state index contributed by atoms with van der Waals surface area (Å²) in [5.74, 6) is 1.07. The fraction of sp³-hybridized carbons (Fsp3) is 0.944. The van der Waals surface area contributed by atoms with E-state index < -0.39 is 9.84 Å². The summed E-state index contributed by atoms with van der Waals surface area (Å²) in [6.07, 6.45) is 8.46. The van der Waals surface area contributed by atoms with Crippen LogP contribution >= 0.6 is 0 Å². The summed E-state index contributed by atoms with van der Waals surface area (Å²) in [4.78, 5) is 7.25. The van der Waals surface area contributed by atoms with Gasteiger partial charge in [0.2, 0.25) is 0 Å². The van der Waals surface area contributed by atoms with Gasteiger partial charge in [0.05, 0.1) is 5.75 Å².